The lowest BCUT2D eigenvalue weighted by atomic mass is 10.0. The fourth-order valence-electron chi connectivity index (χ4n) is 1.79. The zero-order valence-electron chi connectivity index (χ0n) is 12.5. The molecule has 0 aliphatic rings. The Morgan fingerprint density at radius 2 is 1.95 bits per heavy atom. The van der Waals surface area contributed by atoms with Crippen LogP contribution in [0.3, 0.4) is 0 Å². The highest BCUT2D eigenvalue weighted by Crippen LogP contribution is 2.19. The maximum absolute atomic E-state index is 6.19. The number of halogens is 1. The Labute approximate surface area is 123 Å². The van der Waals surface area contributed by atoms with Crippen LogP contribution in [-0.2, 0) is 0 Å². The van der Waals surface area contributed by atoms with E-state index >= 15 is 0 Å². The summed E-state index contributed by atoms with van der Waals surface area (Å²) in [6.07, 6.45) is 10.7. The van der Waals surface area contributed by atoms with E-state index in [1.807, 2.05) is 13.0 Å². The van der Waals surface area contributed by atoms with E-state index < -0.39 is 0 Å². The Morgan fingerprint density at radius 3 is 2.47 bits per heavy atom. The number of nitrogens with two attached hydrogens (primary N) is 1. The molecule has 19 heavy (non-hydrogen) atoms. The highest BCUT2D eigenvalue weighted by atomic mass is 35.5. The molecule has 0 atom stereocenters. The van der Waals surface area contributed by atoms with Gasteiger partial charge in [0.05, 0.1) is 11.4 Å². The van der Waals surface area contributed by atoms with Crippen LogP contribution in [0.15, 0.2) is 40.7 Å². The lowest BCUT2D eigenvalue weighted by Gasteiger charge is -2.10. The van der Waals surface area contributed by atoms with Gasteiger partial charge in [-0.3, -0.25) is 0 Å². The van der Waals surface area contributed by atoms with Gasteiger partial charge in [0.15, 0.2) is 0 Å². The van der Waals surface area contributed by atoms with Gasteiger partial charge in [0.25, 0.3) is 0 Å². The predicted molar refractivity (Wildman–Crippen MR) is 87.5 cm³/mol. The highest BCUT2D eigenvalue weighted by molar-refractivity contribution is 6.64. The largest absolute Gasteiger partial charge is 0.397 e. The van der Waals surface area contributed by atoms with E-state index in [2.05, 4.69) is 24.6 Å². The first-order valence-electron chi connectivity index (χ1n) is 7.00. The number of hydrogen-bond acceptors (Lipinski definition) is 2. The van der Waals surface area contributed by atoms with Crippen LogP contribution < -0.4 is 5.73 Å². The molecular weight excluding hydrogens is 256 g/mol. The molecule has 0 aliphatic heterocycles. The van der Waals surface area contributed by atoms with Crippen molar-refractivity contribution in [3.63, 3.8) is 0 Å². The van der Waals surface area contributed by atoms with Crippen LogP contribution in [0.25, 0.3) is 0 Å². The van der Waals surface area contributed by atoms with Crippen LogP contribution in [0.5, 0.6) is 0 Å². The summed E-state index contributed by atoms with van der Waals surface area (Å²) >= 11 is 5.80. The molecule has 0 aromatic heterocycles. The van der Waals surface area contributed by atoms with Gasteiger partial charge in [-0.1, -0.05) is 37.1 Å². The molecule has 0 aromatic rings. The first-order chi connectivity index (χ1) is 9.02. The monoisotopic (exact) mass is 282 g/mol. The molecule has 108 valence electrons. The van der Waals surface area contributed by atoms with Gasteiger partial charge in [0.2, 0.25) is 0 Å². The minimum absolute atomic E-state index is 0.516. The van der Waals surface area contributed by atoms with Crippen molar-refractivity contribution in [2.24, 2.45) is 10.7 Å². The van der Waals surface area contributed by atoms with Crippen molar-refractivity contribution >= 4 is 16.8 Å². The zero-order chi connectivity index (χ0) is 14.7. The molecule has 0 saturated carbocycles. The Kier molecular flexibility index (Phi) is 10.3. The number of unbranched alkanes of at least 4 members (excludes halogenated alkanes) is 3. The zero-order valence-corrected chi connectivity index (χ0v) is 13.3. The minimum atomic E-state index is 0.516. The average Bonchev–Trinajstić information content (AvgIpc) is 2.36. The van der Waals surface area contributed by atoms with Crippen molar-refractivity contribution in [2.45, 2.75) is 59.3 Å². The maximum Gasteiger partial charge on any atom is 0.103 e. The van der Waals surface area contributed by atoms with Crippen LogP contribution in [0, 0.1) is 0 Å². The molecule has 0 aliphatic carbocycles. The summed E-state index contributed by atoms with van der Waals surface area (Å²) in [6.45, 7) is 9.58. The summed E-state index contributed by atoms with van der Waals surface area (Å²) in [6, 6.07) is 0. The van der Waals surface area contributed by atoms with E-state index in [9.17, 15) is 0 Å². The van der Waals surface area contributed by atoms with Gasteiger partial charge in [-0.25, -0.2) is 4.99 Å². The van der Waals surface area contributed by atoms with Crippen molar-refractivity contribution in [1.82, 2.24) is 0 Å². The average molecular weight is 283 g/mol. The first-order valence-corrected chi connectivity index (χ1v) is 7.38. The second kappa shape index (κ2) is 10.9. The predicted octanol–water partition coefficient (Wildman–Crippen LogP) is 5.31. The molecule has 0 unspecified atom stereocenters. The SMILES string of the molecule is C=CCCCCC(=C\CCC)/C(N)=C(C)\N=C(/C)Cl. The van der Waals surface area contributed by atoms with Crippen LogP contribution in [-0.4, -0.2) is 5.17 Å². The molecule has 0 bridgehead atoms. The summed E-state index contributed by atoms with van der Waals surface area (Å²) in [5.41, 5.74) is 8.96. The number of hydrogen-bond donors (Lipinski definition) is 1. The van der Waals surface area contributed by atoms with Crippen LogP contribution in [0.2, 0.25) is 0 Å². The number of aliphatic imine (C=N–C) groups is 1. The molecule has 3 heteroatoms. The summed E-state index contributed by atoms with van der Waals surface area (Å²) in [7, 11) is 0. The Morgan fingerprint density at radius 1 is 1.26 bits per heavy atom. The standard InChI is InChI=1S/C16H27ClN2/c1-5-7-9-10-12-15(11-8-6-2)16(18)13(3)19-14(4)17/h5,11H,1,6-10,12,18H2,2-4H3/b15-11+,16-13+,19-14+. The van der Waals surface area contributed by atoms with Crippen LogP contribution in [0.1, 0.15) is 59.3 Å². The van der Waals surface area contributed by atoms with Gasteiger partial charge in [-0.05, 0) is 51.5 Å². The lowest BCUT2D eigenvalue weighted by Crippen LogP contribution is -2.05. The summed E-state index contributed by atoms with van der Waals surface area (Å²) < 4.78 is 0. The molecule has 2 N–H and O–H groups in total. The molecule has 0 spiro atoms. The fourth-order valence-corrected chi connectivity index (χ4v) is 1.92. The Bertz CT molecular complexity index is 361. The second-order valence-corrected chi connectivity index (χ2v) is 5.21. The van der Waals surface area contributed by atoms with Gasteiger partial charge >= 0.3 is 0 Å². The fraction of sp³-hybridized carbons (Fsp3) is 0.562. The lowest BCUT2D eigenvalue weighted by molar-refractivity contribution is 0.739. The molecule has 0 aromatic carbocycles. The third-order valence-electron chi connectivity index (χ3n) is 2.84. The smallest absolute Gasteiger partial charge is 0.103 e. The normalized spacial score (nSPS) is 14.3. The molecule has 0 heterocycles. The van der Waals surface area contributed by atoms with Crippen molar-refractivity contribution in [2.75, 3.05) is 0 Å². The first kappa shape index (κ1) is 18.0. The van der Waals surface area contributed by atoms with Gasteiger partial charge in [-0.15, -0.1) is 6.58 Å². The van der Waals surface area contributed by atoms with Gasteiger partial charge < -0.3 is 5.73 Å². The molecular formula is C16H27ClN2. The summed E-state index contributed by atoms with van der Waals surface area (Å²) in [5.74, 6) is 0. The second-order valence-electron chi connectivity index (χ2n) is 4.66. The minimum Gasteiger partial charge on any atom is -0.397 e. The molecule has 0 saturated heterocycles. The van der Waals surface area contributed by atoms with E-state index in [0.717, 1.165) is 49.9 Å². The topological polar surface area (TPSA) is 38.4 Å². The van der Waals surface area contributed by atoms with Gasteiger partial charge in [0.1, 0.15) is 5.17 Å². The van der Waals surface area contributed by atoms with Gasteiger partial charge in [0, 0.05) is 0 Å². The molecule has 0 radical (unpaired) electrons. The number of rotatable bonds is 9. The van der Waals surface area contributed by atoms with E-state index in [0.29, 0.717) is 5.17 Å². The van der Waals surface area contributed by atoms with Crippen molar-refractivity contribution in [3.8, 4) is 0 Å². The number of nitrogens with zero attached hydrogens (tertiary/aromatic N) is 1. The third kappa shape index (κ3) is 8.66. The van der Waals surface area contributed by atoms with Crippen molar-refractivity contribution < 1.29 is 0 Å². The van der Waals surface area contributed by atoms with E-state index in [-0.39, 0.29) is 0 Å². The maximum atomic E-state index is 6.19. The molecule has 0 amide bonds. The van der Waals surface area contributed by atoms with E-state index in [1.165, 1.54) is 5.57 Å². The van der Waals surface area contributed by atoms with Crippen LogP contribution >= 0.6 is 11.6 Å². The van der Waals surface area contributed by atoms with E-state index in [1.54, 1.807) is 6.92 Å². The van der Waals surface area contributed by atoms with E-state index in [4.69, 9.17) is 17.3 Å². The molecule has 2 nitrogen and oxygen atoms in total. The quantitative estimate of drug-likeness (QED) is 0.265. The summed E-state index contributed by atoms with van der Waals surface area (Å²) in [5, 5.41) is 0.516. The van der Waals surface area contributed by atoms with Gasteiger partial charge in [-0.2, -0.15) is 0 Å². The molecule has 0 rings (SSSR count). The Hall–Kier alpha value is -1.02. The Balaban J connectivity index is 4.83. The molecule has 0 fully saturated rings. The highest BCUT2D eigenvalue weighted by Gasteiger charge is 2.05. The van der Waals surface area contributed by atoms with Crippen molar-refractivity contribution in [3.05, 3.63) is 35.7 Å². The number of allylic oxidation sites excluding steroid dienone is 4. The van der Waals surface area contributed by atoms with Crippen molar-refractivity contribution in [1.29, 1.82) is 0 Å². The third-order valence-corrected chi connectivity index (χ3v) is 2.93. The van der Waals surface area contributed by atoms with Crippen LogP contribution in [0.4, 0.5) is 0 Å². The summed E-state index contributed by atoms with van der Waals surface area (Å²) in [4.78, 5) is 4.23.